The molecule has 1 aromatic rings. The Balaban J connectivity index is 2.35. The van der Waals surface area contributed by atoms with E-state index in [9.17, 15) is 4.79 Å². The molecule has 0 spiro atoms. The first-order chi connectivity index (χ1) is 9.45. The van der Waals surface area contributed by atoms with Crippen molar-refractivity contribution in [2.75, 3.05) is 11.9 Å². The van der Waals surface area contributed by atoms with Crippen LogP contribution in [0.1, 0.15) is 52.0 Å². The summed E-state index contributed by atoms with van der Waals surface area (Å²) < 4.78 is 0.748. The van der Waals surface area contributed by atoms with E-state index in [-0.39, 0.29) is 11.8 Å². The molecule has 0 bridgehead atoms. The second-order valence-corrected chi connectivity index (χ2v) is 7.22. The van der Waals surface area contributed by atoms with Gasteiger partial charge in [-0.1, -0.05) is 31.0 Å². The first-order valence-corrected chi connectivity index (χ1v) is 8.41. The molecule has 20 heavy (non-hydrogen) atoms. The number of rotatable bonds is 4. The van der Waals surface area contributed by atoms with Gasteiger partial charge in [0.2, 0.25) is 5.91 Å². The number of allylic oxidation sites excluding steroid dienone is 2. The predicted molar refractivity (Wildman–Crippen MR) is 88.6 cm³/mol. The van der Waals surface area contributed by atoms with E-state index < -0.39 is 0 Å². The lowest BCUT2D eigenvalue weighted by Crippen LogP contribution is -2.31. The van der Waals surface area contributed by atoms with Crippen LogP contribution < -0.4 is 4.90 Å². The average molecular weight is 312 g/mol. The van der Waals surface area contributed by atoms with Gasteiger partial charge in [-0.2, -0.15) is 0 Å². The van der Waals surface area contributed by atoms with Crippen molar-refractivity contribution >= 4 is 39.4 Å². The molecule has 1 aliphatic carbocycles. The first kappa shape index (κ1) is 15.6. The molecule has 0 aromatic carbocycles. The fourth-order valence-corrected chi connectivity index (χ4v) is 3.63. The Bertz CT molecular complexity index is 541. The van der Waals surface area contributed by atoms with Crippen molar-refractivity contribution in [2.45, 2.75) is 46.5 Å². The molecule has 110 valence electrons. The molecular formula is C16H22ClNOS. The van der Waals surface area contributed by atoms with E-state index >= 15 is 0 Å². The van der Waals surface area contributed by atoms with Crippen molar-refractivity contribution in [3.8, 4) is 0 Å². The molecule has 1 aliphatic rings. The molecule has 1 aromatic heterocycles. The Labute approximate surface area is 130 Å². The molecule has 1 fully saturated rings. The Morgan fingerprint density at radius 3 is 2.65 bits per heavy atom. The molecule has 1 atom stereocenters. The fourth-order valence-electron chi connectivity index (χ4n) is 2.39. The summed E-state index contributed by atoms with van der Waals surface area (Å²) in [6.45, 7) is 6.17. The largest absolute Gasteiger partial charge is 0.306 e. The third-order valence-corrected chi connectivity index (χ3v) is 5.58. The van der Waals surface area contributed by atoms with Crippen molar-refractivity contribution in [3.63, 3.8) is 0 Å². The van der Waals surface area contributed by atoms with Crippen molar-refractivity contribution in [1.29, 1.82) is 0 Å². The Hall–Kier alpha value is -0.800. The van der Waals surface area contributed by atoms with Crippen LogP contribution in [0.2, 0.25) is 4.34 Å². The zero-order valence-corrected chi connectivity index (χ0v) is 14.2. The normalized spacial score (nSPS) is 15.8. The van der Waals surface area contributed by atoms with Gasteiger partial charge >= 0.3 is 0 Å². The number of hydrogen-bond donors (Lipinski definition) is 0. The smallest absolute Gasteiger partial charge is 0.230 e. The zero-order valence-electron chi connectivity index (χ0n) is 12.6. The van der Waals surface area contributed by atoms with E-state index in [0.717, 1.165) is 21.3 Å². The van der Waals surface area contributed by atoms with Gasteiger partial charge < -0.3 is 4.90 Å². The predicted octanol–water partition coefficient (Wildman–Crippen LogP) is 5.37. The SMILES string of the molecule is CCC(C)C(=O)N(C)c1sc(Cl)cc1C(C)=C1CCC1. The third-order valence-electron chi connectivity index (χ3n) is 4.24. The van der Waals surface area contributed by atoms with Gasteiger partial charge in [0.1, 0.15) is 5.00 Å². The summed E-state index contributed by atoms with van der Waals surface area (Å²) in [5.41, 5.74) is 3.94. The maximum absolute atomic E-state index is 12.4. The van der Waals surface area contributed by atoms with E-state index in [1.54, 1.807) is 4.90 Å². The van der Waals surface area contributed by atoms with Gasteiger partial charge in [0, 0.05) is 18.5 Å². The Morgan fingerprint density at radius 2 is 2.15 bits per heavy atom. The highest BCUT2D eigenvalue weighted by Gasteiger charge is 2.24. The Morgan fingerprint density at radius 1 is 1.50 bits per heavy atom. The van der Waals surface area contributed by atoms with Gasteiger partial charge in [-0.25, -0.2) is 0 Å². The van der Waals surface area contributed by atoms with Crippen LogP contribution in [-0.4, -0.2) is 13.0 Å². The summed E-state index contributed by atoms with van der Waals surface area (Å²) >= 11 is 7.69. The van der Waals surface area contributed by atoms with Crippen molar-refractivity contribution < 1.29 is 4.79 Å². The molecule has 2 rings (SSSR count). The lowest BCUT2D eigenvalue weighted by atomic mass is 9.86. The monoisotopic (exact) mass is 311 g/mol. The lowest BCUT2D eigenvalue weighted by Gasteiger charge is -2.24. The molecule has 0 aliphatic heterocycles. The molecule has 0 radical (unpaired) electrons. The van der Waals surface area contributed by atoms with Crippen molar-refractivity contribution in [3.05, 3.63) is 21.5 Å². The van der Waals surface area contributed by atoms with Gasteiger partial charge in [-0.3, -0.25) is 4.79 Å². The molecule has 1 saturated carbocycles. The van der Waals surface area contributed by atoms with Crippen LogP contribution in [0.25, 0.3) is 5.57 Å². The first-order valence-electron chi connectivity index (χ1n) is 7.21. The fraction of sp³-hybridized carbons (Fsp3) is 0.562. The van der Waals surface area contributed by atoms with Crippen LogP contribution in [0, 0.1) is 5.92 Å². The second kappa shape index (κ2) is 6.31. The minimum absolute atomic E-state index is 0.0467. The topological polar surface area (TPSA) is 20.3 Å². The summed E-state index contributed by atoms with van der Waals surface area (Å²) in [7, 11) is 1.86. The molecular weight excluding hydrogens is 290 g/mol. The van der Waals surface area contributed by atoms with Gasteiger partial charge in [0.25, 0.3) is 0 Å². The van der Waals surface area contributed by atoms with E-state index in [1.807, 2.05) is 27.0 Å². The minimum Gasteiger partial charge on any atom is -0.306 e. The summed E-state index contributed by atoms with van der Waals surface area (Å²) in [6, 6.07) is 2.00. The molecule has 4 heteroatoms. The maximum atomic E-state index is 12.4. The number of anilines is 1. The highest BCUT2D eigenvalue weighted by Crippen LogP contribution is 2.42. The van der Waals surface area contributed by atoms with Crippen LogP contribution >= 0.6 is 22.9 Å². The standard InChI is InChI=1S/C16H22ClNOS/c1-5-10(2)15(19)18(4)16-13(9-14(17)20-16)11(3)12-7-6-8-12/h9-10H,5-8H2,1-4H3. The molecule has 1 amide bonds. The van der Waals surface area contributed by atoms with Gasteiger partial charge in [-0.15, -0.1) is 11.3 Å². The van der Waals surface area contributed by atoms with E-state index in [2.05, 4.69) is 6.92 Å². The van der Waals surface area contributed by atoms with Gasteiger partial charge in [0.15, 0.2) is 0 Å². The number of carbonyl (C=O) groups is 1. The van der Waals surface area contributed by atoms with E-state index in [0.29, 0.717) is 0 Å². The maximum Gasteiger partial charge on any atom is 0.230 e. The number of hydrogen-bond acceptors (Lipinski definition) is 2. The highest BCUT2D eigenvalue weighted by molar-refractivity contribution is 7.20. The molecule has 1 heterocycles. The number of nitrogens with zero attached hydrogens (tertiary/aromatic N) is 1. The highest BCUT2D eigenvalue weighted by atomic mass is 35.5. The number of carbonyl (C=O) groups excluding carboxylic acids is 1. The van der Waals surface area contributed by atoms with Crippen LogP contribution in [0.3, 0.4) is 0 Å². The summed E-state index contributed by atoms with van der Waals surface area (Å²) in [6.07, 6.45) is 4.50. The van der Waals surface area contributed by atoms with Crippen LogP contribution in [0.4, 0.5) is 5.00 Å². The van der Waals surface area contributed by atoms with Crippen molar-refractivity contribution in [1.82, 2.24) is 0 Å². The summed E-state index contributed by atoms with van der Waals surface area (Å²) in [4.78, 5) is 14.2. The Kier molecular flexibility index (Phi) is 4.92. The summed E-state index contributed by atoms with van der Waals surface area (Å²) in [5, 5.41) is 0.984. The lowest BCUT2D eigenvalue weighted by molar-refractivity contribution is -0.121. The number of amides is 1. The van der Waals surface area contributed by atoms with E-state index in [1.165, 1.54) is 41.7 Å². The van der Waals surface area contributed by atoms with Crippen LogP contribution in [0.15, 0.2) is 11.6 Å². The average Bonchev–Trinajstić information content (AvgIpc) is 2.76. The quantitative estimate of drug-likeness (QED) is 0.732. The summed E-state index contributed by atoms with van der Waals surface area (Å²) in [5.74, 6) is 0.212. The molecule has 0 N–H and O–H groups in total. The molecule has 2 nitrogen and oxygen atoms in total. The van der Waals surface area contributed by atoms with Gasteiger partial charge in [-0.05, 0) is 44.2 Å². The number of thiophene rings is 1. The number of halogens is 1. The molecule has 0 saturated heterocycles. The minimum atomic E-state index is 0.0467. The van der Waals surface area contributed by atoms with Crippen LogP contribution in [0.5, 0.6) is 0 Å². The molecule has 1 unspecified atom stereocenters. The van der Waals surface area contributed by atoms with Crippen LogP contribution in [-0.2, 0) is 4.79 Å². The van der Waals surface area contributed by atoms with Gasteiger partial charge in [0.05, 0.1) is 4.34 Å². The second-order valence-electron chi connectivity index (χ2n) is 5.56. The van der Waals surface area contributed by atoms with Crippen molar-refractivity contribution in [2.24, 2.45) is 5.92 Å². The van der Waals surface area contributed by atoms with E-state index in [4.69, 9.17) is 11.6 Å². The third kappa shape index (κ3) is 2.94. The zero-order chi connectivity index (χ0) is 14.9.